The monoisotopic (exact) mass is 494 g/mol. The second-order valence-electron chi connectivity index (χ2n) is 8.19. The molecular formula is C20H20Cl2F4N4O2. The number of aromatic amines is 1. The molecule has 174 valence electrons. The van der Waals surface area contributed by atoms with Gasteiger partial charge in [-0.25, -0.2) is 4.39 Å². The summed E-state index contributed by atoms with van der Waals surface area (Å²) < 4.78 is 53.8. The van der Waals surface area contributed by atoms with Crippen LogP contribution in [0.2, 0.25) is 10.0 Å². The van der Waals surface area contributed by atoms with Crippen molar-refractivity contribution in [2.75, 3.05) is 46.3 Å². The number of nitrogens with zero attached hydrogens (tertiary/aromatic N) is 3. The van der Waals surface area contributed by atoms with Crippen LogP contribution in [0, 0.1) is 17.7 Å². The smallest absolute Gasteiger partial charge is 0.349 e. The molecule has 0 spiro atoms. The van der Waals surface area contributed by atoms with Crippen LogP contribution < -0.4 is 0 Å². The maximum atomic E-state index is 13.8. The number of hydrogen-bond donors (Lipinski definition) is 1. The second kappa shape index (κ2) is 8.39. The van der Waals surface area contributed by atoms with Crippen molar-refractivity contribution in [3.05, 3.63) is 33.7 Å². The summed E-state index contributed by atoms with van der Waals surface area (Å²) in [5.41, 5.74) is 0.450. The number of nitrogens with one attached hydrogen (secondary N) is 1. The minimum Gasteiger partial charge on any atom is -0.349 e. The lowest BCUT2D eigenvalue weighted by Crippen LogP contribution is -2.53. The van der Waals surface area contributed by atoms with Crippen LogP contribution in [0.4, 0.5) is 17.6 Å². The molecule has 1 N–H and O–H groups in total. The fraction of sp³-hybridized carbons (Fsp3) is 0.500. The summed E-state index contributed by atoms with van der Waals surface area (Å²) in [6.07, 6.45) is -4.45. The van der Waals surface area contributed by atoms with E-state index in [1.54, 1.807) is 7.05 Å². The van der Waals surface area contributed by atoms with Gasteiger partial charge in [-0.05, 0) is 19.2 Å². The molecule has 2 aliphatic rings. The number of rotatable bonds is 2. The van der Waals surface area contributed by atoms with E-state index >= 15 is 0 Å². The highest BCUT2D eigenvalue weighted by Gasteiger charge is 2.52. The Kier molecular flexibility index (Phi) is 6.06. The molecular weight excluding hydrogens is 475 g/mol. The van der Waals surface area contributed by atoms with Gasteiger partial charge in [-0.2, -0.15) is 13.2 Å². The van der Waals surface area contributed by atoms with Crippen molar-refractivity contribution in [1.82, 2.24) is 19.7 Å². The molecule has 2 atom stereocenters. The average Bonchev–Trinajstić information content (AvgIpc) is 3.30. The van der Waals surface area contributed by atoms with E-state index in [-0.39, 0.29) is 60.4 Å². The standard InChI is InChI=1S/C20H20Cl2F4N4O2/c1-28-8-10(11(9-28)20(24,25)26)18(31)29-4-6-30(7-5-29)19(32)17-16(22)14-13(27-17)3-2-12(23)15(14)21/h2-3,10-11,27H,4-9H2,1H3/t10-,11-/m1/s1. The first-order valence-electron chi connectivity index (χ1n) is 9.97. The Hall–Kier alpha value is -2.04. The van der Waals surface area contributed by atoms with E-state index in [0.29, 0.717) is 5.52 Å². The molecule has 2 fully saturated rings. The SMILES string of the molecule is CN1C[C@@H](C(F)(F)F)[C@H](C(=O)N2CCN(C(=O)c3[nH]c4ccc(F)c(Cl)c4c3Cl)CC2)C1. The number of carbonyl (C=O) groups is 2. The first-order chi connectivity index (χ1) is 15.0. The third-order valence-corrected chi connectivity index (χ3v) is 6.87. The number of fused-ring (bicyclic) bond motifs is 1. The summed E-state index contributed by atoms with van der Waals surface area (Å²) in [7, 11) is 1.56. The topological polar surface area (TPSA) is 59.7 Å². The number of alkyl halides is 3. The van der Waals surface area contributed by atoms with Gasteiger partial charge in [0.25, 0.3) is 5.91 Å². The van der Waals surface area contributed by atoms with Crippen molar-refractivity contribution in [2.24, 2.45) is 11.8 Å². The molecule has 32 heavy (non-hydrogen) atoms. The third kappa shape index (κ3) is 4.04. The van der Waals surface area contributed by atoms with Gasteiger partial charge in [0.2, 0.25) is 5.91 Å². The van der Waals surface area contributed by atoms with E-state index in [4.69, 9.17) is 23.2 Å². The Labute approximate surface area is 191 Å². The second-order valence-corrected chi connectivity index (χ2v) is 8.95. The van der Waals surface area contributed by atoms with Crippen LogP contribution in [0.25, 0.3) is 10.9 Å². The van der Waals surface area contributed by atoms with Gasteiger partial charge in [-0.3, -0.25) is 9.59 Å². The molecule has 1 aromatic carbocycles. The van der Waals surface area contributed by atoms with Gasteiger partial charge in [0, 0.05) is 50.2 Å². The average molecular weight is 495 g/mol. The summed E-state index contributed by atoms with van der Waals surface area (Å²) in [5, 5.41) is 0.00280. The van der Waals surface area contributed by atoms with Crippen molar-refractivity contribution >= 4 is 45.9 Å². The molecule has 1 aromatic heterocycles. The van der Waals surface area contributed by atoms with Crippen LogP contribution in [0.15, 0.2) is 12.1 Å². The summed E-state index contributed by atoms with van der Waals surface area (Å²) in [6, 6.07) is 2.58. The molecule has 2 amide bonds. The number of halogens is 6. The van der Waals surface area contributed by atoms with E-state index in [0.717, 1.165) is 6.07 Å². The van der Waals surface area contributed by atoms with E-state index in [1.165, 1.54) is 20.8 Å². The number of piperazine rings is 1. The van der Waals surface area contributed by atoms with Crippen molar-refractivity contribution in [1.29, 1.82) is 0 Å². The molecule has 4 rings (SSSR count). The highest BCUT2D eigenvalue weighted by Crippen LogP contribution is 2.38. The molecule has 0 unspecified atom stereocenters. The summed E-state index contributed by atoms with van der Waals surface area (Å²) >= 11 is 12.3. The minimum absolute atomic E-state index is 0.00461. The van der Waals surface area contributed by atoms with E-state index in [1.807, 2.05) is 0 Å². The molecule has 0 aliphatic carbocycles. The van der Waals surface area contributed by atoms with Crippen LogP contribution in [0.3, 0.4) is 0 Å². The largest absolute Gasteiger partial charge is 0.393 e. The zero-order valence-corrected chi connectivity index (χ0v) is 18.5. The lowest BCUT2D eigenvalue weighted by Gasteiger charge is -2.36. The number of amides is 2. The van der Waals surface area contributed by atoms with Crippen molar-refractivity contribution in [3.63, 3.8) is 0 Å². The van der Waals surface area contributed by atoms with Gasteiger partial charge in [-0.15, -0.1) is 0 Å². The maximum absolute atomic E-state index is 13.8. The van der Waals surface area contributed by atoms with Crippen molar-refractivity contribution in [3.8, 4) is 0 Å². The zero-order chi connectivity index (χ0) is 23.4. The number of carbonyl (C=O) groups excluding carboxylic acids is 2. The third-order valence-electron chi connectivity index (χ3n) is 6.13. The van der Waals surface area contributed by atoms with Crippen LogP contribution in [0.5, 0.6) is 0 Å². The first-order valence-corrected chi connectivity index (χ1v) is 10.7. The molecule has 0 radical (unpaired) electrons. The maximum Gasteiger partial charge on any atom is 0.393 e. The Morgan fingerprint density at radius 3 is 2.28 bits per heavy atom. The quantitative estimate of drug-likeness (QED) is 0.648. The highest BCUT2D eigenvalue weighted by atomic mass is 35.5. The predicted octanol–water partition coefficient (Wildman–Crippen LogP) is 3.64. The van der Waals surface area contributed by atoms with Crippen LogP contribution >= 0.6 is 23.2 Å². The Bertz CT molecular complexity index is 1070. The Morgan fingerprint density at radius 2 is 1.66 bits per heavy atom. The van der Waals surface area contributed by atoms with E-state index in [9.17, 15) is 27.2 Å². The van der Waals surface area contributed by atoms with Gasteiger partial charge in [0.1, 0.15) is 11.5 Å². The van der Waals surface area contributed by atoms with Gasteiger partial charge in [0.05, 0.1) is 21.9 Å². The number of H-pyrrole nitrogens is 1. The summed E-state index contributed by atoms with van der Waals surface area (Å²) in [4.78, 5) is 33.0. The van der Waals surface area contributed by atoms with Crippen LogP contribution in [-0.4, -0.2) is 84.0 Å². The van der Waals surface area contributed by atoms with Gasteiger partial charge < -0.3 is 19.7 Å². The fourth-order valence-electron chi connectivity index (χ4n) is 4.44. The predicted molar refractivity (Wildman–Crippen MR) is 111 cm³/mol. The van der Waals surface area contributed by atoms with Crippen molar-refractivity contribution < 1.29 is 27.2 Å². The number of benzene rings is 1. The molecule has 2 aromatic rings. The molecule has 6 nitrogen and oxygen atoms in total. The van der Waals surface area contributed by atoms with Crippen LogP contribution in [0.1, 0.15) is 10.5 Å². The summed E-state index contributed by atoms with van der Waals surface area (Å²) in [6.45, 7) is 0.338. The molecule has 0 bridgehead atoms. The Morgan fingerprint density at radius 1 is 1.03 bits per heavy atom. The summed E-state index contributed by atoms with van der Waals surface area (Å²) in [5.74, 6) is -4.52. The van der Waals surface area contributed by atoms with E-state index < -0.39 is 35.6 Å². The lowest BCUT2D eigenvalue weighted by atomic mass is 9.93. The van der Waals surface area contributed by atoms with Crippen molar-refractivity contribution in [2.45, 2.75) is 6.18 Å². The zero-order valence-electron chi connectivity index (χ0n) is 17.0. The Balaban J connectivity index is 1.45. The molecule has 2 aliphatic heterocycles. The number of hydrogen-bond acceptors (Lipinski definition) is 3. The van der Waals surface area contributed by atoms with E-state index in [2.05, 4.69) is 4.98 Å². The number of likely N-dealkylation sites (tertiary alicyclic amines) is 1. The molecule has 3 heterocycles. The van der Waals surface area contributed by atoms with Gasteiger partial charge >= 0.3 is 6.18 Å². The molecule has 2 saturated heterocycles. The molecule has 0 saturated carbocycles. The molecule has 12 heteroatoms. The normalized spacial score (nSPS) is 22.7. The van der Waals surface area contributed by atoms with Gasteiger partial charge in [0.15, 0.2) is 0 Å². The highest BCUT2D eigenvalue weighted by molar-refractivity contribution is 6.44. The minimum atomic E-state index is -4.45. The van der Waals surface area contributed by atoms with Crippen LogP contribution in [-0.2, 0) is 4.79 Å². The lowest BCUT2D eigenvalue weighted by molar-refractivity contribution is -0.186. The number of aromatic nitrogens is 1. The fourth-order valence-corrected chi connectivity index (χ4v) is 5.07. The first kappa shape index (κ1) is 23.1. The van der Waals surface area contributed by atoms with Gasteiger partial charge in [-0.1, -0.05) is 23.2 Å².